The van der Waals surface area contributed by atoms with Crippen LogP contribution < -0.4 is 16.6 Å². The van der Waals surface area contributed by atoms with E-state index in [2.05, 4.69) is 10.3 Å². The first-order valence-corrected chi connectivity index (χ1v) is 5.72. The van der Waals surface area contributed by atoms with E-state index in [9.17, 15) is 14.4 Å². The largest absolute Gasteiger partial charge is 0.326 e. The molecule has 3 N–H and O–H groups in total. The molecule has 1 aromatic carbocycles. The Labute approximate surface area is 108 Å². The number of rotatable bonds is 3. The van der Waals surface area contributed by atoms with Crippen LogP contribution in [0.25, 0.3) is 0 Å². The highest BCUT2D eigenvalue weighted by Gasteiger charge is 2.07. The number of para-hydroxylation sites is 1. The standard InChI is InChI=1S/C13H13N3O3/c1-8-4-2-3-5-10(8)15-11(17)6-9-7-12(18)16-13(19)14-9/h2-5,7H,6H2,1H3,(H,15,17)(H2,14,16,18,19). The fourth-order valence-electron chi connectivity index (χ4n) is 1.70. The van der Waals surface area contributed by atoms with Gasteiger partial charge in [-0.3, -0.25) is 14.6 Å². The molecule has 0 aliphatic rings. The van der Waals surface area contributed by atoms with Crippen LogP contribution in [0.2, 0.25) is 0 Å². The van der Waals surface area contributed by atoms with Gasteiger partial charge in [0.15, 0.2) is 0 Å². The molecule has 0 unspecified atom stereocenters. The van der Waals surface area contributed by atoms with Crippen molar-refractivity contribution in [3.05, 3.63) is 62.4 Å². The first kappa shape index (κ1) is 12.8. The molecule has 1 amide bonds. The molecule has 0 spiro atoms. The molecule has 0 aliphatic heterocycles. The molecule has 1 aromatic heterocycles. The average Bonchev–Trinajstić information content (AvgIpc) is 2.30. The lowest BCUT2D eigenvalue weighted by Gasteiger charge is -2.07. The Bertz CT molecular complexity index is 687. The van der Waals surface area contributed by atoms with E-state index in [1.807, 2.05) is 30.1 Å². The molecule has 0 saturated carbocycles. The molecular weight excluding hydrogens is 246 g/mol. The van der Waals surface area contributed by atoms with Gasteiger partial charge in [-0.15, -0.1) is 0 Å². The first-order chi connectivity index (χ1) is 9.04. The minimum absolute atomic E-state index is 0.0620. The van der Waals surface area contributed by atoms with Crippen LogP contribution in [0.5, 0.6) is 0 Å². The number of anilines is 1. The predicted molar refractivity (Wildman–Crippen MR) is 71.2 cm³/mol. The Hall–Kier alpha value is -2.63. The van der Waals surface area contributed by atoms with Gasteiger partial charge in [0.05, 0.1) is 6.42 Å². The minimum atomic E-state index is -0.619. The van der Waals surface area contributed by atoms with Gasteiger partial charge in [-0.25, -0.2) is 4.79 Å². The molecule has 0 radical (unpaired) electrons. The SMILES string of the molecule is Cc1ccccc1NC(=O)Cc1cc(=O)[nH]c(=O)[nH]1. The van der Waals surface area contributed by atoms with Crippen molar-refractivity contribution in [2.45, 2.75) is 13.3 Å². The van der Waals surface area contributed by atoms with Gasteiger partial charge in [-0.2, -0.15) is 0 Å². The van der Waals surface area contributed by atoms with Gasteiger partial charge >= 0.3 is 5.69 Å². The summed E-state index contributed by atoms with van der Waals surface area (Å²) < 4.78 is 0. The monoisotopic (exact) mass is 259 g/mol. The van der Waals surface area contributed by atoms with Crippen LogP contribution in [0.15, 0.2) is 39.9 Å². The molecule has 6 nitrogen and oxygen atoms in total. The van der Waals surface area contributed by atoms with Gasteiger partial charge in [-0.05, 0) is 18.6 Å². The maximum absolute atomic E-state index is 11.8. The molecule has 19 heavy (non-hydrogen) atoms. The molecule has 0 atom stereocenters. The van der Waals surface area contributed by atoms with Gasteiger partial charge in [0.1, 0.15) is 0 Å². The summed E-state index contributed by atoms with van der Waals surface area (Å²) >= 11 is 0. The highest BCUT2D eigenvalue weighted by molar-refractivity contribution is 5.92. The number of amides is 1. The quantitative estimate of drug-likeness (QED) is 0.751. The number of hydrogen-bond acceptors (Lipinski definition) is 3. The second kappa shape index (κ2) is 5.34. The van der Waals surface area contributed by atoms with Crippen molar-refractivity contribution in [1.29, 1.82) is 0 Å². The fraction of sp³-hybridized carbons (Fsp3) is 0.154. The van der Waals surface area contributed by atoms with Crippen molar-refractivity contribution < 1.29 is 4.79 Å². The van der Waals surface area contributed by atoms with E-state index in [1.165, 1.54) is 6.07 Å². The summed E-state index contributed by atoms with van der Waals surface area (Å²) in [6, 6.07) is 8.55. The van der Waals surface area contributed by atoms with E-state index in [1.54, 1.807) is 6.07 Å². The van der Waals surface area contributed by atoms with Crippen LogP contribution in [0.1, 0.15) is 11.3 Å². The highest BCUT2D eigenvalue weighted by atomic mass is 16.2. The van der Waals surface area contributed by atoms with Crippen LogP contribution in [0.4, 0.5) is 5.69 Å². The van der Waals surface area contributed by atoms with Crippen LogP contribution in [-0.4, -0.2) is 15.9 Å². The molecule has 2 rings (SSSR count). The molecule has 98 valence electrons. The van der Waals surface area contributed by atoms with Crippen molar-refractivity contribution in [3.8, 4) is 0 Å². The summed E-state index contributed by atoms with van der Waals surface area (Å²) in [7, 11) is 0. The Morgan fingerprint density at radius 3 is 2.63 bits per heavy atom. The highest BCUT2D eigenvalue weighted by Crippen LogP contribution is 2.13. The van der Waals surface area contributed by atoms with Gasteiger partial charge in [-0.1, -0.05) is 18.2 Å². The number of carbonyl (C=O) groups excluding carboxylic acids is 1. The molecule has 0 fully saturated rings. The van der Waals surface area contributed by atoms with Gasteiger partial charge < -0.3 is 10.3 Å². The average molecular weight is 259 g/mol. The normalized spacial score (nSPS) is 10.2. The molecule has 0 aliphatic carbocycles. The molecule has 1 heterocycles. The third kappa shape index (κ3) is 3.41. The van der Waals surface area contributed by atoms with Crippen LogP contribution >= 0.6 is 0 Å². The maximum Gasteiger partial charge on any atom is 0.325 e. The molecule has 0 saturated heterocycles. The van der Waals surface area contributed by atoms with Gasteiger partial charge in [0, 0.05) is 17.4 Å². The van der Waals surface area contributed by atoms with Crippen molar-refractivity contribution in [3.63, 3.8) is 0 Å². The Morgan fingerprint density at radius 1 is 1.21 bits per heavy atom. The second-order valence-corrected chi connectivity index (χ2v) is 4.15. The van der Waals surface area contributed by atoms with Crippen LogP contribution in [0.3, 0.4) is 0 Å². The second-order valence-electron chi connectivity index (χ2n) is 4.15. The van der Waals surface area contributed by atoms with Crippen molar-refractivity contribution in [2.75, 3.05) is 5.32 Å². The Morgan fingerprint density at radius 2 is 1.95 bits per heavy atom. The van der Waals surface area contributed by atoms with Crippen LogP contribution in [0, 0.1) is 6.92 Å². The summed E-state index contributed by atoms with van der Waals surface area (Å²) in [4.78, 5) is 38.4. The zero-order valence-corrected chi connectivity index (χ0v) is 10.3. The zero-order chi connectivity index (χ0) is 13.8. The lowest BCUT2D eigenvalue weighted by atomic mass is 10.2. The van der Waals surface area contributed by atoms with Crippen LogP contribution in [-0.2, 0) is 11.2 Å². The van der Waals surface area contributed by atoms with E-state index in [-0.39, 0.29) is 18.0 Å². The van der Waals surface area contributed by atoms with Crippen molar-refractivity contribution >= 4 is 11.6 Å². The van der Waals surface area contributed by atoms with Gasteiger partial charge in [0.2, 0.25) is 5.91 Å². The number of aromatic amines is 2. The summed E-state index contributed by atoms with van der Waals surface area (Å²) in [5.74, 6) is -0.296. The summed E-state index contributed by atoms with van der Waals surface area (Å²) in [5, 5.41) is 2.72. The first-order valence-electron chi connectivity index (χ1n) is 5.72. The van der Waals surface area contributed by atoms with E-state index in [0.717, 1.165) is 5.56 Å². The van der Waals surface area contributed by atoms with Gasteiger partial charge in [0.25, 0.3) is 5.56 Å². The minimum Gasteiger partial charge on any atom is -0.326 e. The molecular formula is C13H13N3O3. The number of H-pyrrole nitrogens is 2. The number of nitrogens with one attached hydrogen (secondary N) is 3. The fourth-order valence-corrected chi connectivity index (χ4v) is 1.70. The number of aryl methyl sites for hydroxylation is 1. The number of aromatic nitrogens is 2. The van der Waals surface area contributed by atoms with Crippen molar-refractivity contribution in [1.82, 2.24) is 9.97 Å². The Balaban J connectivity index is 2.12. The lowest BCUT2D eigenvalue weighted by Crippen LogP contribution is -2.25. The number of benzene rings is 1. The molecule has 6 heteroatoms. The summed E-state index contributed by atoms with van der Waals surface area (Å²) in [6.45, 7) is 1.88. The Kier molecular flexibility index (Phi) is 3.61. The number of carbonyl (C=O) groups is 1. The third-order valence-electron chi connectivity index (χ3n) is 2.59. The third-order valence-corrected chi connectivity index (χ3v) is 2.59. The van der Waals surface area contributed by atoms with E-state index in [0.29, 0.717) is 5.69 Å². The lowest BCUT2D eigenvalue weighted by molar-refractivity contribution is -0.115. The van der Waals surface area contributed by atoms with E-state index >= 15 is 0 Å². The summed E-state index contributed by atoms with van der Waals surface area (Å²) in [6.07, 6.45) is -0.0620. The summed E-state index contributed by atoms with van der Waals surface area (Å²) in [5.41, 5.74) is 0.781. The smallest absolute Gasteiger partial charge is 0.325 e. The zero-order valence-electron chi connectivity index (χ0n) is 10.3. The van der Waals surface area contributed by atoms with E-state index < -0.39 is 11.2 Å². The molecule has 0 bridgehead atoms. The topological polar surface area (TPSA) is 94.8 Å². The van der Waals surface area contributed by atoms with Crippen molar-refractivity contribution in [2.24, 2.45) is 0 Å². The van der Waals surface area contributed by atoms with E-state index in [4.69, 9.17) is 0 Å². The number of hydrogen-bond donors (Lipinski definition) is 3. The maximum atomic E-state index is 11.8. The predicted octanol–water partition coefficient (Wildman–Crippen LogP) is 0.553. The molecule has 2 aromatic rings.